The lowest BCUT2D eigenvalue weighted by Crippen LogP contribution is -2.22. The molecule has 0 atom stereocenters. The third kappa shape index (κ3) is 3.03. The maximum Gasteiger partial charge on any atom is 0.251 e. The maximum absolute atomic E-state index is 12.1. The number of ether oxygens (including phenoxy) is 2. The molecule has 0 saturated carbocycles. The van der Waals surface area contributed by atoms with Crippen LogP contribution in [-0.4, -0.2) is 12.7 Å². The van der Waals surface area contributed by atoms with E-state index in [-0.39, 0.29) is 12.7 Å². The summed E-state index contributed by atoms with van der Waals surface area (Å²) in [6.07, 6.45) is 0. The van der Waals surface area contributed by atoms with Gasteiger partial charge in [0.25, 0.3) is 5.91 Å². The van der Waals surface area contributed by atoms with E-state index >= 15 is 0 Å². The zero-order valence-corrected chi connectivity index (χ0v) is 13.1. The SMILES string of the molecule is Cc1ccc(C(=O)NCc2ccc3c(c2)OCO3)cc1Br. The summed E-state index contributed by atoms with van der Waals surface area (Å²) in [5, 5.41) is 2.90. The summed E-state index contributed by atoms with van der Waals surface area (Å²) >= 11 is 3.43. The van der Waals surface area contributed by atoms with Crippen LogP contribution in [0.3, 0.4) is 0 Å². The normalized spacial score (nSPS) is 12.3. The standard InChI is InChI=1S/C16H14BrNO3/c1-10-2-4-12(7-13(10)17)16(19)18-8-11-3-5-14-15(6-11)21-9-20-14/h2-7H,8-9H2,1H3,(H,18,19). The lowest BCUT2D eigenvalue weighted by Gasteiger charge is -2.07. The van der Waals surface area contributed by atoms with Crippen LogP contribution < -0.4 is 14.8 Å². The minimum absolute atomic E-state index is 0.103. The van der Waals surface area contributed by atoms with E-state index in [4.69, 9.17) is 9.47 Å². The Morgan fingerprint density at radius 1 is 1.19 bits per heavy atom. The quantitative estimate of drug-likeness (QED) is 0.925. The van der Waals surface area contributed by atoms with E-state index < -0.39 is 0 Å². The first-order chi connectivity index (χ1) is 10.1. The van der Waals surface area contributed by atoms with Crippen LogP contribution >= 0.6 is 15.9 Å². The molecule has 0 fully saturated rings. The van der Waals surface area contributed by atoms with Crippen LogP contribution in [0.5, 0.6) is 11.5 Å². The second-order valence-electron chi connectivity index (χ2n) is 4.83. The van der Waals surface area contributed by atoms with Crippen molar-refractivity contribution < 1.29 is 14.3 Å². The molecule has 4 nitrogen and oxygen atoms in total. The van der Waals surface area contributed by atoms with Crippen LogP contribution in [0.1, 0.15) is 21.5 Å². The van der Waals surface area contributed by atoms with Gasteiger partial charge in [0.05, 0.1) is 0 Å². The van der Waals surface area contributed by atoms with Crippen molar-refractivity contribution in [2.24, 2.45) is 0 Å². The van der Waals surface area contributed by atoms with Gasteiger partial charge in [-0.05, 0) is 42.3 Å². The summed E-state index contributed by atoms with van der Waals surface area (Å²) in [6.45, 7) is 2.68. The first-order valence-corrected chi connectivity index (χ1v) is 7.35. The molecular weight excluding hydrogens is 334 g/mol. The molecule has 0 spiro atoms. The molecule has 0 saturated heterocycles. The molecule has 0 radical (unpaired) electrons. The second-order valence-corrected chi connectivity index (χ2v) is 5.69. The van der Waals surface area contributed by atoms with Gasteiger partial charge in [0.2, 0.25) is 6.79 Å². The van der Waals surface area contributed by atoms with Gasteiger partial charge >= 0.3 is 0 Å². The summed E-state index contributed by atoms with van der Waals surface area (Å²) < 4.78 is 11.5. The van der Waals surface area contributed by atoms with E-state index in [1.54, 1.807) is 0 Å². The Bertz CT molecular complexity index is 700. The predicted octanol–water partition coefficient (Wildman–Crippen LogP) is 3.42. The smallest absolute Gasteiger partial charge is 0.251 e. The van der Waals surface area contributed by atoms with Crippen molar-refractivity contribution in [1.82, 2.24) is 5.32 Å². The summed E-state index contributed by atoms with van der Waals surface area (Å²) in [7, 11) is 0. The Balaban J connectivity index is 1.67. The molecule has 0 aliphatic carbocycles. The number of carbonyl (C=O) groups is 1. The molecule has 1 aliphatic rings. The number of hydrogen-bond acceptors (Lipinski definition) is 3. The molecule has 1 amide bonds. The number of fused-ring (bicyclic) bond motifs is 1. The summed E-state index contributed by atoms with van der Waals surface area (Å²) in [4.78, 5) is 12.1. The molecule has 0 bridgehead atoms. The molecule has 1 N–H and O–H groups in total. The van der Waals surface area contributed by atoms with Crippen molar-refractivity contribution in [3.05, 3.63) is 57.6 Å². The number of halogens is 1. The van der Waals surface area contributed by atoms with Crippen LogP contribution in [0, 0.1) is 6.92 Å². The molecule has 2 aromatic carbocycles. The Morgan fingerprint density at radius 3 is 2.81 bits per heavy atom. The van der Waals surface area contributed by atoms with E-state index in [0.29, 0.717) is 12.1 Å². The zero-order valence-electron chi connectivity index (χ0n) is 11.5. The van der Waals surface area contributed by atoms with Gasteiger partial charge in [-0.2, -0.15) is 0 Å². The average molecular weight is 348 g/mol. The van der Waals surface area contributed by atoms with Crippen molar-refractivity contribution in [2.45, 2.75) is 13.5 Å². The minimum atomic E-state index is -0.103. The number of carbonyl (C=O) groups excluding carboxylic acids is 1. The maximum atomic E-state index is 12.1. The number of rotatable bonds is 3. The molecule has 108 valence electrons. The Morgan fingerprint density at radius 2 is 2.00 bits per heavy atom. The minimum Gasteiger partial charge on any atom is -0.454 e. The molecule has 1 heterocycles. The van der Waals surface area contributed by atoms with Crippen LogP contribution in [0.2, 0.25) is 0 Å². The van der Waals surface area contributed by atoms with Crippen LogP contribution in [0.4, 0.5) is 0 Å². The Kier molecular flexibility index (Phi) is 3.84. The van der Waals surface area contributed by atoms with Crippen LogP contribution in [0.25, 0.3) is 0 Å². The summed E-state index contributed by atoms with van der Waals surface area (Å²) in [5.74, 6) is 1.36. The lowest BCUT2D eigenvalue weighted by molar-refractivity contribution is 0.0950. The number of nitrogens with one attached hydrogen (secondary N) is 1. The molecular formula is C16H14BrNO3. The summed E-state index contributed by atoms with van der Waals surface area (Å²) in [6, 6.07) is 11.2. The van der Waals surface area contributed by atoms with Gasteiger partial charge in [-0.25, -0.2) is 0 Å². The highest BCUT2D eigenvalue weighted by molar-refractivity contribution is 9.10. The highest BCUT2D eigenvalue weighted by Gasteiger charge is 2.13. The van der Waals surface area contributed by atoms with E-state index in [2.05, 4.69) is 21.2 Å². The van der Waals surface area contributed by atoms with Crippen molar-refractivity contribution in [3.63, 3.8) is 0 Å². The van der Waals surface area contributed by atoms with Gasteiger partial charge < -0.3 is 14.8 Å². The van der Waals surface area contributed by atoms with E-state index in [1.165, 1.54) is 0 Å². The van der Waals surface area contributed by atoms with Crippen molar-refractivity contribution >= 4 is 21.8 Å². The van der Waals surface area contributed by atoms with E-state index in [9.17, 15) is 4.79 Å². The van der Waals surface area contributed by atoms with Gasteiger partial charge in [-0.15, -0.1) is 0 Å². The Hall–Kier alpha value is -2.01. The zero-order chi connectivity index (χ0) is 14.8. The van der Waals surface area contributed by atoms with Gasteiger partial charge in [0, 0.05) is 16.6 Å². The monoisotopic (exact) mass is 347 g/mol. The van der Waals surface area contributed by atoms with E-state index in [0.717, 1.165) is 27.1 Å². The van der Waals surface area contributed by atoms with Crippen molar-refractivity contribution in [1.29, 1.82) is 0 Å². The predicted molar refractivity (Wildman–Crippen MR) is 82.6 cm³/mol. The lowest BCUT2D eigenvalue weighted by atomic mass is 10.1. The number of aryl methyl sites for hydroxylation is 1. The fraction of sp³-hybridized carbons (Fsp3) is 0.188. The van der Waals surface area contributed by atoms with Gasteiger partial charge in [-0.3, -0.25) is 4.79 Å². The fourth-order valence-electron chi connectivity index (χ4n) is 2.07. The molecule has 1 aliphatic heterocycles. The highest BCUT2D eigenvalue weighted by Crippen LogP contribution is 2.32. The average Bonchev–Trinajstić information content (AvgIpc) is 2.95. The van der Waals surface area contributed by atoms with Gasteiger partial charge in [0.1, 0.15) is 0 Å². The fourth-order valence-corrected chi connectivity index (χ4v) is 2.45. The first kappa shape index (κ1) is 13.9. The first-order valence-electron chi connectivity index (χ1n) is 6.56. The molecule has 0 unspecified atom stereocenters. The molecule has 0 aromatic heterocycles. The number of benzene rings is 2. The topological polar surface area (TPSA) is 47.6 Å². The third-order valence-electron chi connectivity index (χ3n) is 3.32. The highest BCUT2D eigenvalue weighted by atomic mass is 79.9. The molecule has 21 heavy (non-hydrogen) atoms. The van der Waals surface area contributed by atoms with Crippen LogP contribution in [0.15, 0.2) is 40.9 Å². The molecule has 3 rings (SSSR count). The summed E-state index contributed by atoms with van der Waals surface area (Å²) in [5.41, 5.74) is 2.70. The Labute approximate surface area is 131 Å². The number of hydrogen-bond donors (Lipinski definition) is 1. The van der Waals surface area contributed by atoms with E-state index in [1.807, 2.05) is 43.3 Å². The van der Waals surface area contributed by atoms with Crippen molar-refractivity contribution in [2.75, 3.05) is 6.79 Å². The van der Waals surface area contributed by atoms with Crippen molar-refractivity contribution in [3.8, 4) is 11.5 Å². The van der Waals surface area contributed by atoms with Crippen LogP contribution in [-0.2, 0) is 6.54 Å². The van der Waals surface area contributed by atoms with Gasteiger partial charge in [-0.1, -0.05) is 28.1 Å². The molecule has 2 aromatic rings. The second kappa shape index (κ2) is 5.77. The molecule has 5 heteroatoms. The number of amides is 1. The third-order valence-corrected chi connectivity index (χ3v) is 4.18. The van der Waals surface area contributed by atoms with Gasteiger partial charge in [0.15, 0.2) is 11.5 Å². The largest absolute Gasteiger partial charge is 0.454 e.